The molecule has 0 saturated carbocycles. The van der Waals surface area contributed by atoms with Gasteiger partial charge < -0.3 is 0 Å². The second-order valence-corrected chi connectivity index (χ2v) is 7.28. The van der Waals surface area contributed by atoms with E-state index in [2.05, 4.69) is 0 Å². The highest BCUT2D eigenvalue weighted by Gasteiger charge is 2.27. The van der Waals surface area contributed by atoms with E-state index in [0.29, 0.717) is 0 Å². The largest absolute Gasteiger partial charge is 0.286 e. The van der Waals surface area contributed by atoms with Gasteiger partial charge in [-0.3, -0.25) is 4.55 Å². The lowest BCUT2D eigenvalue weighted by molar-refractivity contribution is 0.481. The minimum absolute atomic E-state index is 0.0474. The summed E-state index contributed by atoms with van der Waals surface area (Å²) in [6.07, 6.45) is 0. The van der Waals surface area contributed by atoms with E-state index in [1.807, 2.05) is 0 Å². The quantitative estimate of drug-likeness (QED) is 0.810. The Labute approximate surface area is 94.8 Å². The normalized spacial score (nSPS) is 14.6. The Kier molecular flexibility index (Phi) is 3.72. The van der Waals surface area contributed by atoms with Gasteiger partial charge in [0.1, 0.15) is 0 Å². The molecule has 0 aliphatic rings. The molecule has 1 unspecified atom stereocenters. The lowest BCUT2D eigenvalue weighted by Gasteiger charge is -2.10. The summed E-state index contributed by atoms with van der Waals surface area (Å²) in [6.45, 7) is 1.25. The van der Waals surface area contributed by atoms with Gasteiger partial charge in [-0.1, -0.05) is 18.2 Å². The maximum atomic E-state index is 11.8. The van der Waals surface area contributed by atoms with Crippen molar-refractivity contribution in [3.05, 3.63) is 30.3 Å². The van der Waals surface area contributed by atoms with Crippen LogP contribution in [0, 0.1) is 0 Å². The maximum Gasteiger partial charge on any atom is 0.266 e. The van der Waals surface area contributed by atoms with Crippen LogP contribution < -0.4 is 0 Å². The number of benzene rings is 1. The molecule has 0 radical (unpaired) electrons. The van der Waals surface area contributed by atoms with E-state index >= 15 is 0 Å². The van der Waals surface area contributed by atoms with Crippen molar-refractivity contribution in [1.29, 1.82) is 0 Å². The summed E-state index contributed by atoms with van der Waals surface area (Å²) >= 11 is 0. The van der Waals surface area contributed by atoms with Crippen LogP contribution in [-0.2, 0) is 20.0 Å². The van der Waals surface area contributed by atoms with Crippen molar-refractivity contribution in [3.8, 4) is 0 Å². The molecule has 5 nitrogen and oxygen atoms in total. The molecule has 1 atom stereocenters. The first-order valence-corrected chi connectivity index (χ1v) is 7.63. The summed E-state index contributed by atoms with van der Waals surface area (Å²) in [5, 5.41) is -1.18. The molecule has 1 aromatic carbocycles. The highest BCUT2D eigenvalue weighted by Crippen LogP contribution is 2.16. The van der Waals surface area contributed by atoms with E-state index in [9.17, 15) is 16.8 Å². The molecule has 0 aromatic heterocycles. The summed E-state index contributed by atoms with van der Waals surface area (Å²) in [6, 6.07) is 7.53. The molecule has 1 N–H and O–H groups in total. The molecule has 1 rings (SSSR count). The summed E-state index contributed by atoms with van der Waals surface area (Å²) in [7, 11) is -8.01. The first kappa shape index (κ1) is 13.1. The molecule has 0 aliphatic heterocycles. The third kappa shape index (κ3) is 3.29. The van der Waals surface area contributed by atoms with E-state index in [0.717, 1.165) is 0 Å². The molecule has 0 bridgehead atoms. The zero-order chi connectivity index (χ0) is 12.4. The highest BCUT2D eigenvalue weighted by atomic mass is 32.2. The molecule has 16 heavy (non-hydrogen) atoms. The van der Waals surface area contributed by atoms with Crippen molar-refractivity contribution >= 4 is 20.0 Å². The minimum Gasteiger partial charge on any atom is -0.286 e. The zero-order valence-electron chi connectivity index (χ0n) is 8.57. The van der Waals surface area contributed by atoms with Crippen LogP contribution >= 0.6 is 0 Å². The van der Waals surface area contributed by atoms with E-state index in [4.69, 9.17) is 4.55 Å². The van der Waals surface area contributed by atoms with Gasteiger partial charge in [-0.25, -0.2) is 8.42 Å². The van der Waals surface area contributed by atoms with Crippen LogP contribution in [0.3, 0.4) is 0 Å². The Balaban J connectivity index is 3.05. The Morgan fingerprint density at radius 3 is 2.06 bits per heavy atom. The SMILES string of the molecule is CC(CS(=O)(=O)O)S(=O)(=O)c1ccccc1. The first-order chi connectivity index (χ1) is 7.23. The lowest BCUT2D eigenvalue weighted by atomic mass is 10.4. The third-order valence-corrected chi connectivity index (χ3v) is 5.33. The fraction of sp³-hybridized carbons (Fsp3) is 0.333. The number of hydrogen-bond acceptors (Lipinski definition) is 4. The van der Waals surface area contributed by atoms with Gasteiger partial charge >= 0.3 is 0 Å². The monoisotopic (exact) mass is 264 g/mol. The van der Waals surface area contributed by atoms with Crippen molar-refractivity contribution in [2.24, 2.45) is 0 Å². The van der Waals surface area contributed by atoms with Gasteiger partial charge in [-0.15, -0.1) is 0 Å². The fourth-order valence-electron chi connectivity index (χ4n) is 1.23. The van der Waals surface area contributed by atoms with Gasteiger partial charge in [0.05, 0.1) is 15.9 Å². The van der Waals surface area contributed by atoms with Gasteiger partial charge in [0.2, 0.25) is 0 Å². The summed E-state index contributed by atoms with van der Waals surface area (Å²) in [5.74, 6) is -0.801. The predicted octanol–water partition coefficient (Wildman–Crippen LogP) is 0.737. The topological polar surface area (TPSA) is 88.5 Å². The molecular formula is C9H12O5S2. The van der Waals surface area contributed by atoms with Crippen molar-refractivity contribution in [2.45, 2.75) is 17.1 Å². The number of rotatable bonds is 4. The second-order valence-electron chi connectivity index (χ2n) is 3.42. The molecule has 0 saturated heterocycles. The predicted molar refractivity (Wildman–Crippen MR) is 59.5 cm³/mol. The van der Waals surface area contributed by atoms with E-state index in [1.54, 1.807) is 18.2 Å². The molecule has 7 heteroatoms. The number of sulfone groups is 1. The van der Waals surface area contributed by atoms with Crippen LogP contribution in [0.15, 0.2) is 35.2 Å². The summed E-state index contributed by atoms with van der Waals surface area (Å²) < 4.78 is 53.5. The minimum atomic E-state index is -4.29. The van der Waals surface area contributed by atoms with E-state index in [-0.39, 0.29) is 4.90 Å². The Bertz CT molecular complexity index is 545. The molecule has 0 spiro atoms. The summed E-state index contributed by atoms with van der Waals surface area (Å²) in [4.78, 5) is 0.0474. The number of hydrogen-bond donors (Lipinski definition) is 1. The average Bonchev–Trinajstić information content (AvgIpc) is 2.16. The second kappa shape index (κ2) is 4.52. The molecule has 0 heterocycles. The van der Waals surface area contributed by atoms with Gasteiger partial charge in [-0.2, -0.15) is 8.42 Å². The zero-order valence-corrected chi connectivity index (χ0v) is 10.2. The van der Waals surface area contributed by atoms with Gasteiger partial charge in [-0.05, 0) is 19.1 Å². The Morgan fingerprint density at radius 1 is 1.12 bits per heavy atom. The van der Waals surface area contributed by atoms with Crippen molar-refractivity contribution in [3.63, 3.8) is 0 Å². The fourth-order valence-corrected chi connectivity index (χ4v) is 4.06. The Hall–Kier alpha value is -0.920. The van der Waals surface area contributed by atoms with Crippen molar-refractivity contribution < 1.29 is 21.4 Å². The molecule has 1 aromatic rings. The smallest absolute Gasteiger partial charge is 0.266 e. The van der Waals surface area contributed by atoms with Gasteiger partial charge in [0.25, 0.3) is 10.1 Å². The standard InChI is InChI=1S/C9H12O5S2/c1-8(7-15(10,11)12)16(13,14)9-5-3-2-4-6-9/h2-6,8H,7H2,1H3,(H,10,11,12). The third-order valence-electron chi connectivity index (χ3n) is 2.05. The Morgan fingerprint density at radius 2 is 1.62 bits per heavy atom. The van der Waals surface area contributed by atoms with Crippen LogP contribution in [0.1, 0.15) is 6.92 Å². The van der Waals surface area contributed by atoms with E-state index < -0.39 is 31.0 Å². The van der Waals surface area contributed by atoms with Crippen LogP contribution in [0.2, 0.25) is 0 Å². The lowest BCUT2D eigenvalue weighted by Crippen LogP contribution is -2.26. The van der Waals surface area contributed by atoms with Crippen LogP contribution in [0.5, 0.6) is 0 Å². The van der Waals surface area contributed by atoms with Crippen molar-refractivity contribution in [1.82, 2.24) is 0 Å². The summed E-state index contributed by atoms with van der Waals surface area (Å²) in [5.41, 5.74) is 0. The molecule has 90 valence electrons. The first-order valence-electron chi connectivity index (χ1n) is 4.47. The van der Waals surface area contributed by atoms with Crippen LogP contribution in [-0.4, -0.2) is 32.4 Å². The van der Waals surface area contributed by atoms with Gasteiger partial charge in [0.15, 0.2) is 9.84 Å². The average molecular weight is 264 g/mol. The van der Waals surface area contributed by atoms with Crippen LogP contribution in [0.25, 0.3) is 0 Å². The molecule has 0 fully saturated rings. The molecule has 0 amide bonds. The highest BCUT2D eigenvalue weighted by molar-refractivity contribution is 7.93. The van der Waals surface area contributed by atoms with Crippen molar-refractivity contribution in [2.75, 3.05) is 5.75 Å². The van der Waals surface area contributed by atoms with Gasteiger partial charge in [0, 0.05) is 0 Å². The molecular weight excluding hydrogens is 252 g/mol. The molecule has 0 aliphatic carbocycles. The van der Waals surface area contributed by atoms with Crippen LogP contribution in [0.4, 0.5) is 0 Å². The van der Waals surface area contributed by atoms with E-state index in [1.165, 1.54) is 19.1 Å². The maximum absolute atomic E-state index is 11.8.